The van der Waals surface area contributed by atoms with E-state index in [9.17, 15) is 22.8 Å². The Labute approximate surface area is 312 Å². The van der Waals surface area contributed by atoms with Crippen LogP contribution in [0.3, 0.4) is 0 Å². The Balaban J connectivity index is 1.10. The number of carbonyl (C=O) groups is 2. The first-order chi connectivity index (χ1) is 25.6. The molecule has 1 atom stereocenters. The molecule has 0 bridgehead atoms. The Morgan fingerprint density at radius 2 is 1.19 bits per heavy atom. The Kier molecular flexibility index (Phi) is 17.2. The highest BCUT2D eigenvalue weighted by atomic mass is 19.4. The van der Waals surface area contributed by atoms with E-state index in [0.717, 1.165) is 75.4 Å². The van der Waals surface area contributed by atoms with Crippen LogP contribution in [0.5, 0.6) is 11.5 Å². The molecule has 3 aromatic rings. The molecule has 0 spiro atoms. The number of halogens is 3. The number of unbranched alkanes of at least 4 members (excludes halogenated alkanes) is 10. The second-order valence-electron chi connectivity index (χ2n) is 14.3. The summed E-state index contributed by atoms with van der Waals surface area (Å²) in [6, 6.07) is 20.1. The number of alkyl halides is 3. The fraction of sp³-hybridized carbons (Fsp3) is 0.535. The highest BCUT2D eigenvalue weighted by Crippen LogP contribution is 2.29. The molecule has 0 N–H and O–H groups in total. The van der Waals surface area contributed by atoms with E-state index < -0.39 is 24.2 Å². The van der Waals surface area contributed by atoms with E-state index in [0.29, 0.717) is 25.0 Å². The minimum Gasteiger partial charge on any atom is -0.494 e. The molecule has 0 amide bonds. The Morgan fingerprint density at radius 3 is 1.75 bits per heavy atom. The molecule has 1 saturated heterocycles. The van der Waals surface area contributed by atoms with E-state index in [1.165, 1.54) is 56.4 Å². The van der Waals surface area contributed by atoms with Gasteiger partial charge in [0.1, 0.15) is 11.5 Å². The molecular formula is C43H55F3O7. The molecular weight excluding hydrogens is 685 g/mol. The summed E-state index contributed by atoms with van der Waals surface area (Å²) in [6.45, 7) is 8.16. The van der Waals surface area contributed by atoms with E-state index >= 15 is 0 Å². The maximum Gasteiger partial charge on any atom is 0.425 e. The third kappa shape index (κ3) is 14.8. The molecule has 1 aliphatic rings. The van der Waals surface area contributed by atoms with E-state index in [1.54, 1.807) is 12.1 Å². The molecule has 0 aliphatic carbocycles. The van der Waals surface area contributed by atoms with Gasteiger partial charge in [-0.1, -0.05) is 95.9 Å². The summed E-state index contributed by atoms with van der Waals surface area (Å²) in [7, 11) is 0. The molecule has 1 fully saturated rings. The third-order valence-electron chi connectivity index (χ3n) is 9.35. The quantitative estimate of drug-likeness (QED) is 0.0514. The smallest absolute Gasteiger partial charge is 0.425 e. The third-order valence-corrected chi connectivity index (χ3v) is 9.35. The number of hydrogen-bond donors (Lipinski definition) is 0. The largest absolute Gasteiger partial charge is 0.494 e. The zero-order valence-corrected chi connectivity index (χ0v) is 31.2. The van der Waals surface area contributed by atoms with E-state index in [1.807, 2.05) is 43.3 Å². The van der Waals surface area contributed by atoms with Crippen molar-refractivity contribution in [2.24, 2.45) is 5.41 Å². The topological polar surface area (TPSA) is 80.3 Å². The number of carbonyl (C=O) groups excluding carboxylic acids is 2. The Hall–Kier alpha value is -3.89. The normalized spacial score (nSPS) is 14.3. The van der Waals surface area contributed by atoms with Gasteiger partial charge in [-0.25, -0.2) is 9.59 Å². The molecule has 1 heterocycles. The van der Waals surface area contributed by atoms with Crippen molar-refractivity contribution in [1.29, 1.82) is 0 Å². The van der Waals surface area contributed by atoms with Crippen LogP contribution < -0.4 is 9.47 Å². The number of benzene rings is 3. The van der Waals surface area contributed by atoms with Crippen LogP contribution >= 0.6 is 0 Å². The van der Waals surface area contributed by atoms with Gasteiger partial charge in [0.15, 0.2) is 6.10 Å². The van der Waals surface area contributed by atoms with Crippen molar-refractivity contribution in [3.63, 3.8) is 0 Å². The zero-order valence-electron chi connectivity index (χ0n) is 31.2. The van der Waals surface area contributed by atoms with Gasteiger partial charge < -0.3 is 23.7 Å². The minimum absolute atomic E-state index is 0.0619. The van der Waals surface area contributed by atoms with Crippen LogP contribution in [-0.4, -0.2) is 57.3 Å². The van der Waals surface area contributed by atoms with Crippen LogP contribution in [0.25, 0.3) is 11.1 Å². The predicted octanol–water partition coefficient (Wildman–Crippen LogP) is 11.2. The lowest BCUT2D eigenvalue weighted by Crippen LogP contribution is -2.43. The lowest BCUT2D eigenvalue weighted by molar-refractivity contribution is -0.206. The first-order valence-corrected chi connectivity index (χ1v) is 19.1. The summed E-state index contributed by atoms with van der Waals surface area (Å²) in [4.78, 5) is 25.2. The average Bonchev–Trinajstić information content (AvgIpc) is 3.14. The van der Waals surface area contributed by atoms with Crippen LogP contribution in [-0.2, 0) is 14.2 Å². The van der Waals surface area contributed by atoms with Crippen molar-refractivity contribution in [2.45, 2.75) is 110 Å². The molecule has 290 valence electrons. The maximum atomic E-state index is 13.4. The van der Waals surface area contributed by atoms with Gasteiger partial charge >= 0.3 is 18.1 Å². The van der Waals surface area contributed by atoms with E-state index in [4.69, 9.17) is 23.7 Å². The second kappa shape index (κ2) is 21.7. The molecule has 1 aliphatic heterocycles. The fourth-order valence-corrected chi connectivity index (χ4v) is 6.02. The SMILES string of the molecule is CCCCCCC(OC(=O)c1ccc(OC(=O)c2ccc(-c3ccc(OCCCCCCCCCCOCC4(C)COC4)cc3)cc2)cc1)C(F)(F)F. The van der Waals surface area contributed by atoms with E-state index in [-0.39, 0.29) is 23.1 Å². The summed E-state index contributed by atoms with van der Waals surface area (Å²) in [5.41, 5.74) is 2.39. The summed E-state index contributed by atoms with van der Waals surface area (Å²) in [5, 5.41) is 0. The standard InChI is InChI=1S/C43H55F3O7/c1-3-4-5-12-15-39(43(44,45)46)53-41(48)36-22-26-38(27-23-36)52-40(47)35-18-16-33(17-19-35)34-20-24-37(25-21-34)51-29-14-11-9-7-6-8-10-13-28-49-30-42(2)31-50-32-42/h16-27,39H,3-15,28-32H2,1-2H3. The maximum absolute atomic E-state index is 13.4. The summed E-state index contributed by atoms with van der Waals surface area (Å²) < 4.78 is 67.5. The van der Waals surface area contributed by atoms with Crippen molar-refractivity contribution in [3.05, 3.63) is 83.9 Å². The van der Waals surface area contributed by atoms with Crippen molar-refractivity contribution in [1.82, 2.24) is 0 Å². The minimum atomic E-state index is -4.65. The molecule has 0 saturated carbocycles. The Bertz CT molecular complexity index is 1500. The molecule has 0 radical (unpaired) electrons. The first-order valence-electron chi connectivity index (χ1n) is 19.1. The molecule has 10 heteroatoms. The molecule has 53 heavy (non-hydrogen) atoms. The summed E-state index contributed by atoms with van der Waals surface area (Å²) in [6.07, 6.45) is 5.11. The number of esters is 2. The molecule has 4 rings (SSSR count). The van der Waals surface area contributed by atoms with Gasteiger partial charge in [-0.05, 0) is 85.3 Å². The molecule has 0 aromatic heterocycles. The summed E-state index contributed by atoms with van der Waals surface area (Å²) in [5.74, 6) is -0.718. The predicted molar refractivity (Wildman–Crippen MR) is 199 cm³/mol. The van der Waals surface area contributed by atoms with Gasteiger partial charge in [0.2, 0.25) is 0 Å². The van der Waals surface area contributed by atoms with Gasteiger partial charge in [-0.2, -0.15) is 13.2 Å². The van der Waals surface area contributed by atoms with Crippen molar-refractivity contribution >= 4 is 11.9 Å². The fourth-order valence-electron chi connectivity index (χ4n) is 6.02. The first kappa shape index (κ1) is 41.9. The van der Waals surface area contributed by atoms with Crippen LogP contribution in [0.1, 0.15) is 118 Å². The molecule has 7 nitrogen and oxygen atoms in total. The number of rotatable bonds is 24. The van der Waals surface area contributed by atoms with Gasteiger partial charge in [-0.15, -0.1) is 0 Å². The van der Waals surface area contributed by atoms with Gasteiger partial charge in [-0.3, -0.25) is 0 Å². The van der Waals surface area contributed by atoms with Crippen molar-refractivity contribution in [2.75, 3.05) is 33.0 Å². The second-order valence-corrected chi connectivity index (χ2v) is 14.3. The number of hydrogen-bond acceptors (Lipinski definition) is 7. The Morgan fingerprint density at radius 1 is 0.679 bits per heavy atom. The number of ether oxygens (including phenoxy) is 5. The van der Waals surface area contributed by atoms with Crippen LogP contribution in [0.2, 0.25) is 0 Å². The van der Waals surface area contributed by atoms with E-state index in [2.05, 4.69) is 6.92 Å². The molecule has 1 unspecified atom stereocenters. The summed E-state index contributed by atoms with van der Waals surface area (Å²) >= 11 is 0. The average molecular weight is 741 g/mol. The molecule has 3 aromatic carbocycles. The van der Waals surface area contributed by atoms with Gasteiger partial charge in [0, 0.05) is 12.0 Å². The lowest BCUT2D eigenvalue weighted by atomic mass is 9.90. The lowest BCUT2D eigenvalue weighted by Gasteiger charge is -2.37. The van der Waals surface area contributed by atoms with Crippen LogP contribution in [0, 0.1) is 5.41 Å². The highest BCUT2D eigenvalue weighted by molar-refractivity contribution is 5.92. The monoisotopic (exact) mass is 740 g/mol. The highest BCUT2D eigenvalue weighted by Gasteiger charge is 2.42. The van der Waals surface area contributed by atoms with Crippen LogP contribution in [0.4, 0.5) is 13.2 Å². The van der Waals surface area contributed by atoms with Crippen LogP contribution in [0.15, 0.2) is 72.8 Å². The van der Waals surface area contributed by atoms with Crippen molar-refractivity contribution in [3.8, 4) is 22.6 Å². The van der Waals surface area contributed by atoms with Crippen molar-refractivity contribution < 1.29 is 46.4 Å². The zero-order chi connectivity index (χ0) is 37.9. The van der Waals surface area contributed by atoms with Gasteiger partial charge in [0.05, 0.1) is 37.6 Å². The van der Waals surface area contributed by atoms with Gasteiger partial charge in [0.25, 0.3) is 0 Å².